The fourth-order valence-electron chi connectivity index (χ4n) is 1.48. The van der Waals surface area contributed by atoms with Crippen LogP contribution in [0.15, 0.2) is 18.2 Å². The molecule has 15 heavy (non-hydrogen) atoms. The molecule has 1 aromatic carbocycles. The van der Waals surface area contributed by atoms with Gasteiger partial charge in [-0.1, -0.05) is 37.1 Å². The van der Waals surface area contributed by atoms with Gasteiger partial charge in [0.25, 0.3) is 0 Å². The van der Waals surface area contributed by atoms with Gasteiger partial charge in [-0.15, -0.1) is 0 Å². The molecule has 0 saturated carbocycles. The zero-order chi connectivity index (χ0) is 11.0. The van der Waals surface area contributed by atoms with E-state index in [2.05, 4.69) is 23.8 Å². The van der Waals surface area contributed by atoms with E-state index in [1.165, 1.54) is 5.56 Å². The molecule has 1 aromatic heterocycles. The van der Waals surface area contributed by atoms with Gasteiger partial charge in [0.2, 0.25) is 0 Å². The Morgan fingerprint density at radius 1 is 1.20 bits per heavy atom. The summed E-state index contributed by atoms with van der Waals surface area (Å²) in [5.41, 5.74) is 2.09. The fourth-order valence-corrected chi connectivity index (χ4v) is 1.72. The standard InChI is InChI=1S/C12H13ClN2/c1-7(2)12-14-10-5-4-8(3)6-9(10)11(13)15-12/h4-7H,1-3H3. The van der Waals surface area contributed by atoms with Gasteiger partial charge in [-0.05, 0) is 19.1 Å². The van der Waals surface area contributed by atoms with Crippen molar-refractivity contribution in [2.24, 2.45) is 0 Å². The first-order valence-corrected chi connectivity index (χ1v) is 5.39. The van der Waals surface area contributed by atoms with Crippen molar-refractivity contribution in [2.75, 3.05) is 0 Å². The first kappa shape index (κ1) is 10.4. The van der Waals surface area contributed by atoms with Crippen molar-refractivity contribution in [3.63, 3.8) is 0 Å². The summed E-state index contributed by atoms with van der Waals surface area (Å²) < 4.78 is 0. The Morgan fingerprint density at radius 3 is 2.60 bits per heavy atom. The largest absolute Gasteiger partial charge is 0.233 e. The van der Waals surface area contributed by atoms with Gasteiger partial charge >= 0.3 is 0 Å². The molecule has 0 N–H and O–H groups in total. The molecule has 0 unspecified atom stereocenters. The number of hydrogen-bond acceptors (Lipinski definition) is 2. The summed E-state index contributed by atoms with van der Waals surface area (Å²) in [4.78, 5) is 8.78. The molecule has 0 radical (unpaired) electrons. The van der Waals surface area contributed by atoms with Crippen molar-refractivity contribution in [3.05, 3.63) is 34.7 Å². The minimum Gasteiger partial charge on any atom is -0.233 e. The van der Waals surface area contributed by atoms with Crippen LogP contribution in [-0.4, -0.2) is 9.97 Å². The van der Waals surface area contributed by atoms with Gasteiger partial charge in [-0.2, -0.15) is 0 Å². The van der Waals surface area contributed by atoms with Gasteiger partial charge in [0, 0.05) is 11.3 Å². The summed E-state index contributed by atoms with van der Waals surface area (Å²) >= 11 is 6.13. The predicted octanol–water partition coefficient (Wildman–Crippen LogP) is 3.72. The Balaban J connectivity index is 2.73. The molecule has 78 valence electrons. The van der Waals surface area contributed by atoms with Crippen molar-refractivity contribution < 1.29 is 0 Å². The fraction of sp³-hybridized carbons (Fsp3) is 0.333. The number of benzene rings is 1. The minimum atomic E-state index is 0.299. The lowest BCUT2D eigenvalue weighted by Crippen LogP contribution is -1.98. The summed E-state index contributed by atoms with van der Waals surface area (Å²) in [6.45, 7) is 6.16. The average molecular weight is 221 g/mol. The van der Waals surface area contributed by atoms with Crippen LogP contribution < -0.4 is 0 Å². The molecule has 2 nitrogen and oxygen atoms in total. The molecule has 0 aliphatic carbocycles. The topological polar surface area (TPSA) is 25.8 Å². The van der Waals surface area contributed by atoms with Crippen LogP contribution in [0.5, 0.6) is 0 Å². The molecule has 1 heterocycles. The van der Waals surface area contributed by atoms with E-state index in [9.17, 15) is 0 Å². The molecule has 0 aliphatic heterocycles. The molecular weight excluding hydrogens is 208 g/mol. The number of hydrogen-bond donors (Lipinski definition) is 0. The Morgan fingerprint density at radius 2 is 1.93 bits per heavy atom. The molecule has 0 saturated heterocycles. The monoisotopic (exact) mass is 220 g/mol. The molecule has 0 aliphatic rings. The van der Waals surface area contributed by atoms with Crippen LogP contribution >= 0.6 is 11.6 Å². The molecule has 0 fully saturated rings. The lowest BCUT2D eigenvalue weighted by molar-refractivity contribution is 0.783. The highest BCUT2D eigenvalue weighted by molar-refractivity contribution is 6.34. The normalized spacial score (nSPS) is 11.3. The van der Waals surface area contributed by atoms with Gasteiger partial charge in [-0.25, -0.2) is 9.97 Å². The second-order valence-electron chi connectivity index (χ2n) is 4.05. The molecular formula is C12H13ClN2. The first-order valence-electron chi connectivity index (χ1n) is 5.01. The molecule has 0 bridgehead atoms. The maximum atomic E-state index is 6.13. The van der Waals surface area contributed by atoms with Crippen LogP contribution in [0.1, 0.15) is 31.2 Å². The quantitative estimate of drug-likeness (QED) is 0.685. The number of aromatic nitrogens is 2. The highest BCUT2D eigenvalue weighted by Gasteiger charge is 2.08. The van der Waals surface area contributed by atoms with Crippen LogP contribution in [0.3, 0.4) is 0 Å². The summed E-state index contributed by atoms with van der Waals surface area (Å²) in [6, 6.07) is 6.04. The first-order chi connectivity index (χ1) is 7.08. The van der Waals surface area contributed by atoms with Crippen LogP contribution in [0.4, 0.5) is 0 Å². The van der Waals surface area contributed by atoms with Crippen LogP contribution in [0.25, 0.3) is 10.9 Å². The molecule has 0 atom stereocenters. The Labute approximate surface area is 94.3 Å². The number of halogens is 1. The third-order valence-corrected chi connectivity index (χ3v) is 2.63. The van der Waals surface area contributed by atoms with Gasteiger partial charge in [0.1, 0.15) is 11.0 Å². The van der Waals surface area contributed by atoms with Gasteiger partial charge in [0.05, 0.1) is 5.52 Å². The van der Waals surface area contributed by atoms with Gasteiger partial charge < -0.3 is 0 Å². The van der Waals surface area contributed by atoms with E-state index in [0.717, 1.165) is 16.7 Å². The molecule has 3 heteroatoms. The number of rotatable bonds is 1. The Hall–Kier alpha value is -1.15. The van der Waals surface area contributed by atoms with Crippen molar-refractivity contribution in [3.8, 4) is 0 Å². The summed E-state index contributed by atoms with van der Waals surface area (Å²) in [7, 11) is 0. The number of nitrogens with zero attached hydrogens (tertiary/aromatic N) is 2. The minimum absolute atomic E-state index is 0.299. The number of aryl methyl sites for hydroxylation is 1. The van der Waals surface area contributed by atoms with E-state index < -0.39 is 0 Å². The second-order valence-corrected chi connectivity index (χ2v) is 4.41. The van der Waals surface area contributed by atoms with E-state index in [-0.39, 0.29) is 0 Å². The zero-order valence-electron chi connectivity index (χ0n) is 9.08. The molecule has 2 rings (SSSR count). The van der Waals surface area contributed by atoms with Gasteiger partial charge in [-0.3, -0.25) is 0 Å². The van der Waals surface area contributed by atoms with Gasteiger partial charge in [0.15, 0.2) is 0 Å². The maximum Gasteiger partial charge on any atom is 0.140 e. The van der Waals surface area contributed by atoms with Crippen LogP contribution in [-0.2, 0) is 0 Å². The van der Waals surface area contributed by atoms with Crippen molar-refractivity contribution >= 4 is 22.5 Å². The van der Waals surface area contributed by atoms with Crippen molar-refractivity contribution in [2.45, 2.75) is 26.7 Å². The Kier molecular flexibility index (Phi) is 2.61. The molecule has 2 aromatic rings. The van der Waals surface area contributed by atoms with E-state index in [4.69, 9.17) is 11.6 Å². The Bertz CT molecular complexity index is 506. The van der Waals surface area contributed by atoms with E-state index in [0.29, 0.717) is 11.1 Å². The van der Waals surface area contributed by atoms with Crippen LogP contribution in [0, 0.1) is 6.92 Å². The van der Waals surface area contributed by atoms with Crippen LogP contribution in [0.2, 0.25) is 5.15 Å². The van der Waals surface area contributed by atoms with E-state index in [1.54, 1.807) is 0 Å². The summed E-state index contributed by atoms with van der Waals surface area (Å²) in [6.07, 6.45) is 0. The lowest BCUT2D eigenvalue weighted by atomic mass is 10.1. The third-order valence-electron chi connectivity index (χ3n) is 2.34. The average Bonchev–Trinajstić information content (AvgIpc) is 2.18. The third kappa shape index (κ3) is 1.95. The second kappa shape index (κ2) is 3.78. The smallest absolute Gasteiger partial charge is 0.140 e. The molecule has 0 spiro atoms. The maximum absolute atomic E-state index is 6.13. The highest BCUT2D eigenvalue weighted by atomic mass is 35.5. The lowest BCUT2D eigenvalue weighted by Gasteiger charge is -2.07. The van der Waals surface area contributed by atoms with E-state index in [1.807, 2.05) is 25.1 Å². The van der Waals surface area contributed by atoms with Crippen molar-refractivity contribution in [1.29, 1.82) is 0 Å². The molecule has 0 amide bonds. The van der Waals surface area contributed by atoms with E-state index >= 15 is 0 Å². The summed E-state index contributed by atoms with van der Waals surface area (Å²) in [5.74, 6) is 1.10. The SMILES string of the molecule is Cc1ccc2nc(C(C)C)nc(Cl)c2c1. The summed E-state index contributed by atoms with van der Waals surface area (Å²) in [5, 5.41) is 1.48. The zero-order valence-corrected chi connectivity index (χ0v) is 9.84. The van der Waals surface area contributed by atoms with Crippen molar-refractivity contribution in [1.82, 2.24) is 9.97 Å². The predicted molar refractivity (Wildman–Crippen MR) is 63.4 cm³/mol. The number of fused-ring (bicyclic) bond motifs is 1. The highest BCUT2D eigenvalue weighted by Crippen LogP contribution is 2.23.